The van der Waals surface area contributed by atoms with Crippen molar-refractivity contribution >= 4 is 12.0 Å². The zero-order chi connectivity index (χ0) is 25.3. The van der Waals surface area contributed by atoms with Crippen LogP contribution in [0.2, 0.25) is 0 Å². The summed E-state index contributed by atoms with van der Waals surface area (Å²) in [5, 5.41) is 17.4. The number of carbonyl (C=O) groups is 1. The van der Waals surface area contributed by atoms with E-state index in [1.165, 1.54) is 0 Å². The summed E-state index contributed by atoms with van der Waals surface area (Å²) < 4.78 is 13.2. The van der Waals surface area contributed by atoms with Gasteiger partial charge in [0.2, 0.25) is 0 Å². The van der Waals surface area contributed by atoms with Gasteiger partial charge in [-0.05, 0) is 67.7 Å². The number of hydrogen-bond donors (Lipinski definition) is 1. The van der Waals surface area contributed by atoms with E-state index in [4.69, 9.17) is 14.6 Å². The molecule has 1 N–H and O–H groups in total. The molecule has 0 aliphatic carbocycles. The van der Waals surface area contributed by atoms with Crippen molar-refractivity contribution in [1.29, 1.82) is 5.26 Å². The summed E-state index contributed by atoms with van der Waals surface area (Å²) >= 11 is 0. The smallest absolute Gasteiger partial charge is 0.262 e. The molecule has 0 radical (unpaired) electrons. The van der Waals surface area contributed by atoms with E-state index in [1.54, 1.807) is 10.8 Å². The molecule has 2 heterocycles. The number of benzene rings is 2. The molecule has 0 saturated carbocycles. The van der Waals surface area contributed by atoms with Crippen LogP contribution in [-0.2, 0) is 9.53 Å². The summed E-state index contributed by atoms with van der Waals surface area (Å²) in [7, 11) is 0. The van der Waals surface area contributed by atoms with Crippen molar-refractivity contribution in [3.8, 4) is 28.8 Å². The van der Waals surface area contributed by atoms with Crippen molar-refractivity contribution in [3.05, 3.63) is 71.9 Å². The van der Waals surface area contributed by atoms with Gasteiger partial charge in [-0.25, -0.2) is 4.68 Å². The summed E-state index contributed by atoms with van der Waals surface area (Å²) in [5.41, 5.74) is 3.12. The molecule has 0 bridgehead atoms. The SMILES string of the molecule is CC(C)CCOc1ccc(-c2nn(-c3ccccc3)cc2/C=C(\C#N)C(=O)NCC2CCCO2)cc1. The van der Waals surface area contributed by atoms with Crippen molar-refractivity contribution in [2.24, 2.45) is 5.92 Å². The quantitative estimate of drug-likeness (QED) is 0.317. The molecule has 4 rings (SSSR count). The second kappa shape index (κ2) is 12.2. The Hall–Kier alpha value is -3.89. The molecule has 1 fully saturated rings. The van der Waals surface area contributed by atoms with Gasteiger partial charge in [0.05, 0.1) is 24.1 Å². The first kappa shape index (κ1) is 25.2. The third-order valence-corrected chi connectivity index (χ3v) is 6.03. The predicted molar refractivity (Wildman–Crippen MR) is 140 cm³/mol. The van der Waals surface area contributed by atoms with Gasteiger partial charge in [-0.3, -0.25) is 4.79 Å². The molecular weight excluding hydrogens is 452 g/mol. The van der Waals surface area contributed by atoms with Crippen LogP contribution in [0.15, 0.2) is 66.4 Å². The van der Waals surface area contributed by atoms with Crippen LogP contribution in [0.1, 0.15) is 38.7 Å². The van der Waals surface area contributed by atoms with Crippen LogP contribution in [0.3, 0.4) is 0 Å². The van der Waals surface area contributed by atoms with Crippen LogP contribution in [0.25, 0.3) is 23.0 Å². The number of aromatic nitrogens is 2. The molecule has 7 heteroatoms. The zero-order valence-electron chi connectivity index (χ0n) is 20.8. The van der Waals surface area contributed by atoms with Crippen molar-refractivity contribution in [1.82, 2.24) is 15.1 Å². The minimum Gasteiger partial charge on any atom is -0.494 e. The molecule has 1 aromatic heterocycles. The van der Waals surface area contributed by atoms with Crippen LogP contribution in [0.5, 0.6) is 5.75 Å². The lowest BCUT2D eigenvalue weighted by atomic mass is 10.1. The molecule has 7 nitrogen and oxygen atoms in total. The Morgan fingerprint density at radius 3 is 2.69 bits per heavy atom. The highest BCUT2D eigenvalue weighted by Gasteiger charge is 2.19. The van der Waals surface area contributed by atoms with Gasteiger partial charge in [0.1, 0.15) is 17.4 Å². The topological polar surface area (TPSA) is 89.2 Å². The molecule has 186 valence electrons. The van der Waals surface area contributed by atoms with Gasteiger partial charge in [0, 0.05) is 30.5 Å². The van der Waals surface area contributed by atoms with E-state index in [0.29, 0.717) is 36.9 Å². The molecular formula is C29H32N4O3. The van der Waals surface area contributed by atoms with E-state index in [2.05, 4.69) is 19.2 Å². The lowest BCUT2D eigenvalue weighted by Crippen LogP contribution is -2.32. The standard InChI is InChI=1S/C29H32N4O3/c1-21(2)14-16-36-26-12-10-22(11-13-26)28-24(20-33(32-28)25-7-4-3-5-8-25)17-23(18-30)29(34)31-19-27-9-6-15-35-27/h3-5,7-8,10-13,17,20-21,27H,6,9,14-16,19H2,1-2H3,(H,31,34)/b23-17+. The van der Waals surface area contributed by atoms with E-state index < -0.39 is 5.91 Å². The minimum absolute atomic E-state index is 0.00607. The Morgan fingerprint density at radius 1 is 1.25 bits per heavy atom. The van der Waals surface area contributed by atoms with Gasteiger partial charge >= 0.3 is 0 Å². The van der Waals surface area contributed by atoms with Gasteiger partial charge in [-0.15, -0.1) is 0 Å². The van der Waals surface area contributed by atoms with Crippen LogP contribution in [0, 0.1) is 17.2 Å². The number of nitriles is 1. The number of hydrogen-bond acceptors (Lipinski definition) is 5. The van der Waals surface area contributed by atoms with Crippen LogP contribution < -0.4 is 10.1 Å². The number of carbonyl (C=O) groups excluding carboxylic acids is 1. The van der Waals surface area contributed by atoms with E-state index in [0.717, 1.165) is 36.3 Å². The van der Waals surface area contributed by atoms with Gasteiger partial charge in [0.15, 0.2) is 0 Å². The third kappa shape index (κ3) is 6.61. The molecule has 1 unspecified atom stereocenters. The molecule has 1 atom stereocenters. The highest BCUT2D eigenvalue weighted by atomic mass is 16.5. The number of amides is 1. The average molecular weight is 485 g/mol. The highest BCUT2D eigenvalue weighted by molar-refractivity contribution is 6.02. The highest BCUT2D eigenvalue weighted by Crippen LogP contribution is 2.28. The summed E-state index contributed by atoms with van der Waals surface area (Å²) in [6, 6.07) is 19.5. The van der Waals surface area contributed by atoms with Crippen molar-refractivity contribution in [2.45, 2.75) is 39.2 Å². The van der Waals surface area contributed by atoms with Crippen LogP contribution >= 0.6 is 0 Å². The Morgan fingerprint density at radius 2 is 2.03 bits per heavy atom. The molecule has 1 amide bonds. The van der Waals surface area contributed by atoms with Gasteiger partial charge in [0.25, 0.3) is 5.91 Å². The first-order valence-corrected chi connectivity index (χ1v) is 12.4. The number of nitrogens with zero attached hydrogens (tertiary/aromatic N) is 3. The first-order chi connectivity index (χ1) is 17.5. The van der Waals surface area contributed by atoms with Crippen molar-refractivity contribution < 1.29 is 14.3 Å². The fourth-order valence-electron chi connectivity index (χ4n) is 3.96. The molecule has 36 heavy (non-hydrogen) atoms. The second-order valence-corrected chi connectivity index (χ2v) is 9.28. The fourth-order valence-corrected chi connectivity index (χ4v) is 3.96. The van der Waals surface area contributed by atoms with Crippen molar-refractivity contribution in [2.75, 3.05) is 19.8 Å². The number of nitrogens with one attached hydrogen (secondary N) is 1. The molecule has 0 spiro atoms. The molecule has 1 saturated heterocycles. The summed E-state index contributed by atoms with van der Waals surface area (Å²) in [5.74, 6) is 0.961. The predicted octanol–water partition coefficient (Wildman–Crippen LogP) is 5.17. The second-order valence-electron chi connectivity index (χ2n) is 9.28. The van der Waals surface area contributed by atoms with E-state index in [1.807, 2.05) is 66.9 Å². The Kier molecular flexibility index (Phi) is 8.53. The zero-order valence-corrected chi connectivity index (χ0v) is 20.8. The maximum Gasteiger partial charge on any atom is 0.262 e. The third-order valence-electron chi connectivity index (χ3n) is 6.03. The summed E-state index contributed by atoms with van der Waals surface area (Å²) in [4.78, 5) is 12.8. The summed E-state index contributed by atoms with van der Waals surface area (Å²) in [6.45, 7) is 6.11. The Balaban J connectivity index is 1.60. The number of para-hydroxylation sites is 1. The Bertz CT molecular complexity index is 1220. The van der Waals surface area contributed by atoms with Crippen LogP contribution in [-0.4, -0.2) is 41.6 Å². The first-order valence-electron chi connectivity index (χ1n) is 12.4. The Labute approximate surface area is 212 Å². The fraction of sp³-hybridized carbons (Fsp3) is 0.345. The van der Waals surface area contributed by atoms with Crippen molar-refractivity contribution in [3.63, 3.8) is 0 Å². The minimum atomic E-state index is -0.416. The van der Waals surface area contributed by atoms with Crippen LogP contribution in [0.4, 0.5) is 0 Å². The lowest BCUT2D eigenvalue weighted by Gasteiger charge is -2.10. The maximum atomic E-state index is 12.8. The lowest BCUT2D eigenvalue weighted by molar-refractivity contribution is -0.117. The normalized spacial score (nSPS) is 15.6. The molecule has 1 aliphatic rings. The van der Waals surface area contributed by atoms with Gasteiger partial charge in [-0.2, -0.15) is 10.4 Å². The maximum absolute atomic E-state index is 12.8. The van der Waals surface area contributed by atoms with E-state index >= 15 is 0 Å². The van der Waals surface area contributed by atoms with E-state index in [9.17, 15) is 10.1 Å². The molecule has 1 aliphatic heterocycles. The van der Waals surface area contributed by atoms with Gasteiger partial charge in [-0.1, -0.05) is 32.0 Å². The molecule has 2 aromatic carbocycles. The monoisotopic (exact) mass is 484 g/mol. The largest absolute Gasteiger partial charge is 0.494 e. The van der Waals surface area contributed by atoms with E-state index in [-0.39, 0.29) is 11.7 Å². The molecule has 3 aromatic rings. The number of ether oxygens (including phenoxy) is 2. The average Bonchev–Trinajstić information content (AvgIpc) is 3.57. The number of rotatable bonds is 10. The summed E-state index contributed by atoms with van der Waals surface area (Å²) in [6.07, 6.45) is 6.33. The van der Waals surface area contributed by atoms with Gasteiger partial charge < -0.3 is 14.8 Å².